The summed E-state index contributed by atoms with van der Waals surface area (Å²) in [6.45, 7) is 0. The summed E-state index contributed by atoms with van der Waals surface area (Å²) in [5.41, 5.74) is 1.39. The third-order valence-electron chi connectivity index (χ3n) is 5.37. The monoisotopic (exact) mass is 487 g/mol. The summed E-state index contributed by atoms with van der Waals surface area (Å²) >= 11 is 5.93. The van der Waals surface area contributed by atoms with Crippen molar-refractivity contribution in [2.75, 3.05) is 4.90 Å². The predicted octanol–water partition coefficient (Wildman–Crippen LogP) is 6.78. The van der Waals surface area contributed by atoms with E-state index in [1.807, 2.05) is 42.5 Å². The fourth-order valence-corrected chi connectivity index (χ4v) is 5.36. The highest BCUT2D eigenvalue weighted by Crippen LogP contribution is 2.40. The molecule has 0 aliphatic carbocycles. The number of sulfone groups is 1. The first-order valence-corrected chi connectivity index (χ1v) is 12.3. The number of hydrogen-bond donors (Lipinski definition) is 0. The van der Waals surface area contributed by atoms with Crippen molar-refractivity contribution in [2.45, 2.75) is 4.90 Å². The molecule has 7 heteroatoms. The van der Waals surface area contributed by atoms with E-state index < -0.39 is 15.6 Å². The predicted molar refractivity (Wildman–Crippen MR) is 133 cm³/mol. The van der Waals surface area contributed by atoms with Gasteiger partial charge in [-0.25, -0.2) is 8.42 Å². The molecule has 1 aliphatic rings. The summed E-state index contributed by atoms with van der Waals surface area (Å²) in [5, 5.41) is 0.460. The normalized spacial score (nSPS) is 14.1. The number of hydrogen-bond acceptors (Lipinski definition) is 5. The number of ketones is 1. The average Bonchev–Trinajstić information content (AvgIpc) is 2.86. The molecular weight excluding hydrogens is 470 g/mol. The van der Waals surface area contributed by atoms with Crippen molar-refractivity contribution in [1.82, 2.24) is 0 Å². The Morgan fingerprint density at radius 1 is 0.735 bits per heavy atom. The van der Waals surface area contributed by atoms with E-state index in [1.54, 1.807) is 47.4 Å². The number of carbonyl (C=O) groups is 1. The van der Waals surface area contributed by atoms with Crippen LogP contribution in [0.3, 0.4) is 0 Å². The summed E-state index contributed by atoms with van der Waals surface area (Å²) in [6.07, 6.45) is 1.38. The molecule has 0 unspecified atom stereocenters. The van der Waals surface area contributed by atoms with Crippen LogP contribution in [0.15, 0.2) is 119 Å². The lowest BCUT2D eigenvalue weighted by molar-refractivity contribution is 0.104. The average molecular weight is 488 g/mol. The van der Waals surface area contributed by atoms with Gasteiger partial charge < -0.3 is 9.64 Å². The lowest BCUT2D eigenvalue weighted by Crippen LogP contribution is -2.25. The molecule has 5 rings (SSSR count). The van der Waals surface area contributed by atoms with E-state index in [0.29, 0.717) is 27.9 Å². The van der Waals surface area contributed by atoms with Crippen molar-refractivity contribution in [3.63, 3.8) is 0 Å². The van der Waals surface area contributed by atoms with Crippen molar-refractivity contribution in [3.8, 4) is 11.5 Å². The number of allylic oxidation sites excluding steroid dienone is 1. The van der Waals surface area contributed by atoms with E-state index >= 15 is 0 Å². The molecule has 0 N–H and O–H groups in total. The van der Waals surface area contributed by atoms with Crippen LogP contribution >= 0.6 is 11.6 Å². The number of benzene rings is 4. The number of rotatable bonds is 5. The van der Waals surface area contributed by atoms with Crippen LogP contribution in [0.1, 0.15) is 10.4 Å². The van der Waals surface area contributed by atoms with Crippen molar-refractivity contribution in [3.05, 3.63) is 125 Å². The van der Waals surface area contributed by atoms with Gasteiger partial charge in [-0.1, -0.05) is 41.9 Å². The number of ether oxygens (including phenoxy) is 1. The maximum absolute atomic E-state index is 13.4. The molecule has 0 amide bonds. The summed E-state index contributed by atoms with van der Waals surface area (Å²) in [7, 11) is -4.02. The van der Waals surface area contributed by atoms with Crippen LogP contribution in [0.25, 0.3) is 0 Å². The molecule has 168 valence electrons. The summed E-state index contributed by atoms with van der Waals surface area (Å²) in [6, 6.07) is 29.4. The molecule has 1 heterocycles. The molecule has 5 nitrogen and oxygen atoms in total. The molecule has 0 fully saturated rings. The molecule has 0 spiro atoms. The maximum atomic E-state index is 13.4. The Morgan fingerprint density at radius 2 is 1.35 bits per heavy atom. The quantitative estimate of drug-likeness (QED) is 0.290. The molecule has 4 aromatic carbocycles. The number of carbonyl (C=O) groups excluding carboxylic acids is 1. The molecule has 0 aromatic heterocycles. The SMILES string of the molecule is O=C(C1=CN(c2ccc(Oc3ccccc3)cc2)c2ccccc2S1(=O)=O)c1ccc(Cl)cc1. The second-order valence-corrected chi connectivity index (χ2v) is 9.90. The van der Waals surface area contributed by atoms with Gasteiger partial charge in [0.25, 0.3) is 0 Å². The van der Waals surface area contributed by atoms with Crippen LogP contribution in [-0.2, 0) is 9.84 Å². The zero-order valence-electron chi connectivity index (χ0n) is 17.8. The Hall–Kier alpha value is -3.87. The number of Topliss-reactive ketones (excluding diaryl/α,β-unsaturated/α-hetero) is 1. The first-order chi connectivity index (χ1) is 16.4. The third-order valence-corrected chi connectivity index (χ3v) is 7.42. The van der Waals surface area contributed by atoms with Crippen molar-refractivity contribution in [1.29, 1.82) is 0 Å². The minimum absolute atomic E-state index is 0.0689. The summed E-state index contributed by atoms with van der Waals surface area (Å²) in [4.78, 5) is 14.7. The van der Waals surface area contributed by atoms with E-state index in [9.17, 15) is 13.2 Å². The van der Waals surface area contributed by atoms with Gasteiger partial charge in [0.2, 0.25) is 15.6 Å². The molecule has 0 radical (unpaired) electrons. The zero-order chi connectivity index (χ0) is 23.7. The van der Waals surface area contributed by atoms with E-state index in [2.05, 4.69) is 0 Å². The van der Waals surface area contributed by atoms with Gasteiger partial charge in [-0.2, -0.15) is 0 Å². The minimum Gasteiger partial charge on any atom is -0.457 e. The Balaban J connectivity index is 1.55. The second kappa shape index (κ2) is 8.82. The van der Waals surface area contributed by atoms with Crippen LogP contribution in [0.2, 0.25) is 5.02 Å². The fourth-order valence-electron chi connectivity index (χ4n) is 3.70. The van der Waals surface area contributed by atoms with Crippen molar-refractivity contribution >= 4 is 38.6 Å². The van der Waals surface area contributed by atoms with E-state index in [-0.39, 0.29) is 15.4 Å². The van der Waals surface area contributed by atoms with Gasteiger partial charge in [-0.3, -0.25) is 4.79 Å². The Morgan fingerprint density at radius 3 is 2.06 bits per heavy atom. The summed E-state index contributed by atoms with van der Waals surface area (Å²) in [5.74, 6) is 0.745. The van der Waals surface area contributed by atoms with Crippen LogP contribution in [0.5, 0.6) is 11.5 Å². The number of anilines is 2. The first-order valence-electron chi connectivity index (χ1n) is 10.4. The van der Waals surface area contributed by atoms with E-state index in [1.165, 1.54) is 24.4 Å². The molecule has 0 saturated heterocycles. The Kier molecular flexibility index (Phi) is 5.69. The molecule has 34 heavy (non-hydrogen) atoms. The maximum Gasteiger partial charge on any atom is 0.214 e. The number of nitrogens with zero attached hydrogens (tertiary/aromatic N) is 1. The van der Waals surface area contributed by atoms with Gasteiger partial charge >= 0.3 is 0 Å². The Bertz CT molecular complexity index is 1500. The lowest BCUT2D eigenvalue weighted by Gasteiger charge is -2.29. The van der Waals surface area contributed by atoms with Gasteiger partial charge in [0, 0.05) is 22.5 Å². The standard InChI is InChI=1S/C27H18ClNO4S/c28-20-12-10-19(11-13-20)27(30)26-18-29(24-8-4-5-9-25(24)34(26,31)32)21-14-16-23(17-15-21)33-22-6-2-1-3-7-22/h1-18H. The van der Waals surface area contributed by atoms with Gasteiger partial charge in [0.15, 0.2) is 0 Å². The number of para-hydroxylation sites is 2. The van der Waals surface area contributed by atoms with Crippen LogP contribution in [-0.4, -0.2) is 14.2 Å². The first kappa shape index (κ1) is 21.9. The minimum atomic E-state index is -4.02. The highest BCUT2D eigenvalue weighted by molar-refractivity contribution is 7.96. The highest BCUT2D eigenvalue weighted by Gasteiger charge is 2.36. The van der Waals surface area contributed by atoms with Gasteiger partial charge in [0.05, 0.1) is 10.6 Å². The molecule has 0 bridgehead atoms. The van der Waals surface area contributed by atoms with Gasteiger partial charge in [0.1, 0.15) is 16.4 Å². The largest absolute Gasteiger partial charge is 0.457 e. The third kappa shape index (κ3) is 4.09. The molecular formula is C27H18ClNO4S. The molecule has 0 saturated carbocycles. The van der Waals surface area contributed by atoms with Crippen LogP contribution in [0, 0.1) is 0 Å². The molecule has 4 aromatic rings. The lowest BCUT2D eigenvalue weighted by atomic mass is 10.1. The van der Waals surface area contributed by atoms with Crippen LogP contribution in [0.4, 0.5) is 11.4 Å². The van der Waals surface area contributed by atoms with Crippen molar-refractivity contribution < 1.29 is 17.9 Å². The molecule has 1 aliphatic heterocycles. The van der Waals surface area contributed by atoms with Crippen molar-refractivity contribution in [2.24, 2.45) is 0 Å². The van der Waals surface area contributed by atoms with E-state index in [4.69, 9.17) is 16.3 Å². The number of halogens is 1. The molecule has 0 atom stereocenters. The topological polar surface area (TPSA) is 63.7 Å². The highest BCUT2D eigenvalue weighted by atomic mass is 35.5. The zero-order valence-corrected chi connectivity index (χ0v) is 19.3. The smallest absolute Gasteiger partial charge is 0.214 e. The summed E-state index contributed by atoms with van der Waals surface area (Å²) < 4.78 is 32.6. The van der Waals surface area contributed by atoms with Crippen LogP contribution < -0.4 is 9.64 Å². The van der Waals surface area contributed by atoms with E-state index in [0.717, 1.165) is 0 Å². The van der Waals surface area contributed by atoms with Gasteiger partial charge in [-0.05, 0) is 72.8 Å². The second-order valence-electron chi connectivity index (χ2n) is 7.58. The Labute approximate surface area is 202 Å². The van der Waals surface area contributed by atoms with Gasteiger partial charge in [-0.15, -0.1) is 0 Å². The number of fused-ring (bicyclic) bond motifs is 1. The fraction of sp³-hybridized carbons (Fsp3) is 0.